The van der Waals surface area contributed by atoms with E-state index in [9.17, 15) is 0 Å². The fourth-order valence-electron chi connectivity index (χ4n) is 0.114. The molecule has 0 bridgehead atoms. The Labute approximate surface area is 40.4 Å². The summed E-state index contributed by atoms with van der Waals surface area (Å²) in [6, 6.07) is 0. The lowest BCUT2D eigenvalue weighted by atomic mass is 10.6. The molecule has 1 nitrogen and oxygen atoms in total. The molecule has 0 aromatic heterocycles. The molecule has 0 amide bonds. The van der Waals surface area contributed by atoms with Gasteiger partial charge in [-0.15, -0.1) is 5.92 Å². The lowest BCUT2D eigenvalue weighted by Crippen LogP contribution is -1.71. The second-order valence-corrected chi connectivity index (χ2v) is 1.07. The van der Waals surface area contributed by atoms with Gasteiger partial charge in [-0.2, -0.15) is 0 Å². The number of hydrogen-bond donors (Lipinski definition) is 0. The van der Waals surface area contributed by atoms with E-state index in [2.05, 4.69) is 25.8 Å². The highest BCUT2D eigenvalue weighted by Crippen LogP contribution is 1.78. The average molecular weight is 102 g/mol. The smallest absolute Gasteiger partial charge is 0.111 e. The van der Waals surface area contributed by atoms with Crippen molar-refractivity contribution in [1.82, 2.24) is 0 Å². The third kappa shape index (κ3) is 3.95. The Bertz CT molecular complexity index is 69.4. The van der Waals surface area contributed by atoms with Gasteiger partial charge < -0.3 is 4.52 Å². The van der Waals surface area contributed by atoms with Gasteiger partial charge in [0.2, 0.25) is 0 Å². The molecular weight excluding hydrogens is 95.0 g/mol. The van der Waals surface area contributed by atoms with Gasteiger partial charge in [0.15, 0.2) is 0 Å². The maximum atomic E-state index is 4.53. The van der Waals surface area contributed by atoms with Gasteiger partial charge in [0, 0.05) is 9.47 Å². The summed E-state index contributed by atoms with van der Waals surface area (Å²) in [6.45, 7) is 2.30. The molecule has 6 heavy (non-hydrogen) atoms. The van der Waals surface area contributed by atoms with Gasteiger partial charge >= 0.3 is 0 Å². The van der Waals surface area contributed by atoms with E-state index in [-0.39, 0.29) is 0 Å². The molecule has 34 valence electrons. The van der Waals surface area contributed by atoms with E-state index in [0.29, 0.717) is 6.61 Å². The van der Waals surface area contributed by atoms with Crippen molar-refractivity contribution in [3.05, 3.63) is 0 Å². The third-order valence-electron chi connectivity index (χ3n) is 0.332. The van der Waals surface area contributed by atoms with Crippen molar-refractivity contribution in [3.8, 4) is 11.8 Å². The minimum absolute atomic E-state index is 0.515. The van der Waals surface area contributed by atoms with E-state index in [1.165, 1.54) is 0 Å². The van der Waals surface area contributed by atoms with Crippen molar-refractivity contribution in [2.45, 2.75) is 6.92 Å². The summed E-state index contributed by atoms with van der Waals surface area (Å²) in [5, 5.41) is 0. The first-order valence-electron chi connectivity index (χ1n) is 1.63. The van der Waals surface area contributed by atoms with Crippen LogP contribution in [-0.4, -0.2) is 6.61 Å². The summed E-state index contributed by atoms with van der Waals surface area (Å²) >= 11 is 0. The van der Waals surface area contributed by atoms with E-state index < -0.39 is 0 Å². The summed E-state index contributed by atoms with van der Waals surface area (Å²) < 4.78 is 4.53. The van der Waals surface area contributed by atoms with Crippen LogP contribution in [-0.2, 0) is 4.52 Å². The fraction of sp³-hybridized carbons (Fsp3) is 0.500. The predicted octanol–water partition coefficient (Wildman–Crippen LogP) is 0.816. The predicted molar refractivity (Wildman–Crippen MR) is 29.1 cm³/mol. The second kappa shape index (κ2) is 4.95. The van der Waals surface area contributed by atoms with Crippen molar-refractivity contribution in [2.75, 3.05) is 6.61 Å². The Morgan fingerprint density at radius 2 is 2.50 bits per heavy atom. The van der Waals surface area contributed by atoms with E-state index in [1.807, 2.05) is 0 Å². The van der Waals surface area contributed by atoms with E-state index >= 15 is 0 Å². The van der Waals surface area contributed by atoms with Gasteiger partial charge in [0.1, 0.15) is 6.61 Å². The van der Waals surface area contributed by atoms with Crippen LogP contribution in [0.2, 0.25) is 0 Å². The fourth-order valence-corrected chi connectivity index (χ4v) is 0.197. The van der Waals surface area contributed by atoms with Crippen LogP contribution in [0.3, 0.4) is 0 Å². The first kappa shape index (κ1) is 5.95. The minimum atomic E-state index is 0.515. The third-order valence-corrected chi connectivity index (χ3v) is 0.499. The van der Waals surface area contributed by atoms with Crippen LogP contribution < -0.4 is 0 Å². The first-order valence-corrected chi connectivity index (χ1v) is 2.10. The molecule has 0 spiro atoms. The molecule has 0 aliphatic rings. The zero-order valence-electron chi connectivity index (χ0n) is 3.69. The van der Waals surface area contributed by atoms with Crippen molar-refractivity contribution in [3.63, 3.8) is 0 Å². The van der Waals surface area contributed by atoms with Gasteiger partial charge in [-0.3, -0.25) is 0 Å². The topological polar surface area (TPSA) is 9.23 Å². The lowest BCUT2D eigenvalue weighted by molar-refractivity contribution is 0.436. The molecule has 1 unspecified atom stereocenters. The molecule has 0 aromatic carbocycles. The molecule has 0 saturated heterocycles. The van der Waals surface area contributed by atoms with Crippen LogP contribution in [0.1, 0.15) is 6.92 Å². The Balaban J connectivity index is 2.79. The molecule has 0 radical (unpaired) electrons. The quantitative estimate of drug-likeness (QED) is 0.351. The highest BCUT2D eigenvalue weighted by molar-refractivity contribution is 7.09. The monoisotopic (exact) mass is 102 g/mol. The summed E-state index contributed by atoms with van der Waals surface area (Å²) in [5.41, 5.74) is 0. The normalized spacial score (nSPS) is 6.33. The van der Waals surface area contributed by atoms with Crippen LogP contribution >= 0.6 is 9.47 Å². The SMILES string of the molecule is CC#CCOP. The highest BCUT2D eigenvalue weighted by atomic mass is 31.0. The van der Waals surface area contributed by atoms with Crippen molar-refractivity contribution >= 4 is 9.47 Å². The van der Waals surface area contributed by atoms with Crippen LogP contribution in [0.5, 0.6) is 0 Å². The molecular formula is C4H7OP. The average Bonchev–Trinajstić information content (AvgIpc) is 1.61. The number of hydrogen-bond acceptors (Lipinski definition) is 1. The van der Waals surface area contributed by atoms with Gasteiger partial charge in [-0.05, 0) is 6.92 Å². The molecule has 1 atom stereocenters. The van der Waals surface area contributed by atoms with Crippen molar-refractivity contribution in [2.24, 2.45) is 0 Å². The van der Waals surface area contributed by atoms with Gasteiger partial charge in [-0.25, -0.2) is 0 Å². The minimum Gasteiger partial charge on any atom is -0.353 e. The van der Waals surface area contributed by atoms with Crippen LogP contribution in [0.4, 0.5) is 0 Å². The summed E-state index contributed by atoms with van der Waals surface area (Å²) in [6.07, 6.45) is 0. The van der Waals surface area contributed by atoms with Crippen LogP contribution in [0.25, 0.3) is 0 Å². The van der Waals surface area contributed by atoms with Crippen LogP contribution in [0, 0.1) is 11.8 Å². The molecule has 0 fully saturated rings. The van der Waals surface area contributed by atoms with Gasteiger partial charge in [-0.1, -0.05) is 5.92 Å². The summed E-state index contributed by atoms with van der Waals surface area (Å²) in [7, 11) is 2.13. The Morgan fingerprint density at radius 3 is 2.67 bits per heavy atom. The molecule has 0 saturated carbocycles. The zero-order chi connectivity index (χ0) is 4.83. The number of rotatable bonds is 1. The molecule has 2 heteroatoms. The van der Waals surface area contributed by atoms with Crippen molar-refractivity contribution in [1.29, 1.82) is 0 Å². The Hall–Kier alpha value is -0.0500. The zero-order valence-corrected chi connectivity index (χ0v) is 4.85. The molecule has 0 rings (SSSR count). The van der Waals surface area contributed by atoms with Gasteiger partial charge in [0.25, 0.3) is 0 Å². The van der Waals surface area contributed by atoms with E-state index in [1.54, 1.807) is 6.92 Å². The highest BCUT2D eigenvalue weighted by Gasteiger charge is 1.60. The lowest BCUT2D eigenvalue weighted by Gasteiger charge is -1.77. The summed E-state index contributed by atoms with van der Waals surface area (Å²) in [4.78, 5) is 0. The molecule has 0 aliphatic carbocycles. The molecule has 0 N–H and O–H groups in total. The molecule has 0 heterocycles. The largest absolute Gasteiger partial charge is 0.353 e. The summed E-state index contributed by atoms with van der Waals surface area (Å²) in [5.74, 6) is 5.39. The first-order chi connectivity index (χ1) is 2.91. The van der Waals surface area contributed by atoms with Gasteiger partial charge in [0.05, 0.1) is 0 Å². The van der Waals surface area contributed by atoms with Crippen molar-refractivity contribution < 1.29 is 4.52 Å². The van der Waals surface area contributed by atoms with Crippen LogP contribution in [0.15, 0.2) is 0 Å². The molecule has 0 aromatic rings. The maximum absolute atomic E-state index is 4.53. The molecule has 0 aliphatic heterocycles. The van der Waals surface area contributed by atoms with E-state index in [4.69, 9.17) is 0 Å². The Morgan fingerprint density at radius 1 is 1.83 bits per heavy atom. The van der Waals surface area contributed by atoms with E-state index in [0.717, 1.165) is 0 Å². The maximum Gasteiger partial charge on any atom is 0.111 e. The Kier molecular flexibility index (Phi) is 4.91. The second-order valence-electron chi connectivity index (χ2n) is 0.738. The standard InChI is InChI=1S/C4H7OP/c1-2-3-4-5-6/h4,6H2,1H3.